The lowest BCUT2D eigenvalue weighted by Gasteiger charge is -2.25. The first kappa shape index (κ1) is 17.4. The van der Waals surface area contributed by atoms with Crippen molar-refractivity contribution in [1.29, 1.82) is 0 Å². The highest BCUT2D eigenvalue weighted by Gasteiger charge is 2.22. The van der Waals surface area contributed by atoms with Gasteiger partial charge in [-0.15, -0.1) is 16.4 Å². The fourth-order valence-electron chi connectivity index (χ4n) is 3.78. The summed E-state index contributed by atoms with van der Waals surface area (Å²) < 4.78 is 10.2. The normalized spacial score (nSPS) is 21.4. The van der Waals surface area contributed by atoms with Crippen LogP contribution in [0.1, 0.15) is 30.2 Å². The number of hydrogen-bond acceptors (Lipinski definition) is 5. The largest absolute Gasteiger partial charge is 0.379 e. The van der Waals surface area contributed by atoms with E-state index in [0.29, 0.717) is 0 Å². The smallest absolute Gasteiger partial charge is 0.199 e. The summed E-state index contributed by atoms with van der Waals surface area (Å²) in [4.78, 5) is 5.16. The van der Waals surface area contributed by atoms with E-state index in [9.17, 15) is 0 Å². The topological polar surface area (TPSA) is 35.2 Å². The maximum Gasteiger partial charge on any atom is 0.199 e. The van der Waals surface area contributed by atoms with Gasteiger partial charge in [-0.05, 0) is 49.0 Å². The number of aryl methyl sites for hydroxylation is 1. The van der Waals surface area contributed by atoms with Gasteiger partial charge in [-0.3, -0.25) is 4.90 Å². The van der Waals surface area contributed by atoms with Crippen molar-refractivity contribution in [2.24, 2.45) is 13.0 Å². The first-order chi connectivity index (χ1) is 12.2. The Morgan fingerprint density at radius 3 is 2.92 bits per heavy atom. The molecule has 0 bridgehead atoms. The van der Waals surface area contributed by atoms with Gasteiger partial charge in [0.15, 0.2) is 10.6 Å². The van der Waals surface area contributed by atoms with Gasteiger partial charge in [0.25, 0.3) is 0 Å². The molecule has 5 nitrogen and oxygen atoms in total. The molecule has 2 aliphatic rings. The maximum absolute atomic E-state index is 5.64. The molecule has 0 amide bonds. The Kier molecular flexibility index (Phi) is 5.08. The first-order valence-corrected chi connectivity index (χ1v) is 10.4. The molecule has 1 unspecified atom stereocenters. The summed E-state index contributed by atoms with van der Waals surface area (Å²) in [5.41, 5.74) is 1.53. The van der Waals surface area contributed by atoms with E-state index in [1.807, 2.05) is 23.1 Å². The molecule has 1 atom stereocenters. The Hall–Kier alpha value is -1.02. The summed E-state index contributed by atoms with van der Waals surface area (Å²) in [7, 11) is 2.04. The predicted octanol–water partition coefficient (Wildman–Crippen LogP) is 3.48. The molecule has 7 heteroatoms. The Labute approximate surface area is 158 Å². The standard InChI is InChI=1S/C18H26N4OS2/c1-3-13-4-5-15-14(10-13)11-16(25-15)17-19-22(18(24)20(17)2)12-21-6-8-23-9-7-21/h11,13H,3-10,12H2,1-2H3. The monoisotopic (exact) mass is 378 g/mol. The molecule has 3 heterocycles. The van der Waals surface area contributed by atoms with Crippen LogP contribution in [-0.2, 0) is 31.3 Å². The van der Waals surface area contributed by atoms with E-state index in [1.165, 1.54) is 36.1 Å². The molecular weight excluding hydrogens is 352 g/mol. The molecule has 1 saturated heterocycles. The maximum atomic E-state index is 5.64. The average molecular weight is 379 g/mol. The highest BCUT2D eigenvalue weighted by atomic mass is 32.1. The Balaban J connectivity index is 1.60. The molecule has 25 heavy (non-hydrogen) atoms. The van der Waals surface area contributed by atoms with Crippen LogP contribution >= 0.6 is 23.6 Å². The molecule has 136 valence electrons. The minimum Gasteiger partial charge on any atom is -0.379 e. The minimum absolute atomic E-state index is 0.749. The van der Waals surface area contributed by atoms with Crippen LogP contribution < -0.4 is 0 Å². The van der Waals surface area contributed by atoms with Crippen molar-refractivity contribution >= 4 is 23.6 Å². The second kappa shape index (κ2) is 7.31. The summed E-state index contributed by atoms with van der Waals surface area (Å²) >= 11 is 7.55. The number of rotatable bonds is 4. The van der Waals surface area contributed by atoms with Crippen LogP contribution in [0.2, 0.25) is 0 Å². The average Bonchev–Trinajstić information content (AvgIpc) is 3.18. The molecule has 2 aromatic heterocycles. The molecule has 0 aromatic carbocycles. The van der Waals surface area contributed by atoms with E-state index in [1.54, 1.807) is 4.88 Å². The predicted molar refractivity (Wildman–Crippen MR) is 104 cm³/mol. The van der Waals surface area contributed by atoms with Gasteiger partial charge in [0.2, 0.25) is 0 Å². The van der Waals surface area contributed by atoms with Gasteiger partial charge in [-0.1, -0.05) is 13.3 Å². The van der Waals surface area contributed by atoms with Gasteiger partial charge in [0.05, 0.1) is 24.8 Å². The summed E-state index contributed by atoms with van der Waals surface area (Å²) in [6.07, 6.45) is 5.05. The first-order valence-electron chi connectivity index (χ1n) is 9.21. The Bertz CT molecular complexity index is 801. The summed E-state index contributed by atoms with van der Waals surface area (Å²) in [6.45, 7) is 6.53. The van der Waals surface area contributed by atoms with Crippen molar-refractivity contribution < 1.29 is 4.74 Å². The van der Waals surface area contributed by atoms with Crippen molar-refractivity contribution in [2.45, 2.75) is 39.3 Å². The molecule has 0 saturated carbocycles. The van der Waals surface area contributed by atoms with Crippen LogP contribution in [0.4, 0.5) is 0 Å². The third kappa shape index (κ3) is 3.47. The number of hydrogen-bond donors (Lipinski definition) is 0. The highest BCUT2D eigenvalue weighted by molar-refractivity contribution is 7.71. The van der Waals surface area contributed by atoms with Gasteiger partial charge in [0, 0.05) is 25.0 Å². The van der Waals surface area contributed by atoms with Crippen LogP contribution in [0.25, 0.3) is 10.7 Å². The lowest BCUT2D eigenvalue weighted by molar-refractivity contribution is 0.0210. The van der Waals surface area contributed by atoms with Crippen LogP contribution in [0.3, 0.4) is 0 Å². The zero-order valence-corrected chi connectivity index (χ0v) is 16.7. The lowest BCUT2D eigenvalue weighted by atomic mass is 9.87. The van der Waals surface area contributed by atoms with Crippen molar-refractivity contribution in [3.05, 3.63) is 21.3 Å². The van der Waals surface area contributed by atoms with E-state index < -0.39 is 0 Å². The Morgan fingerprint density at radius 2 is 2.16 bits per heavy atom. The third-order valence-electron chi connectivity index (χ3n) is 5.46. The summed E-state index contributed by atoms with van der Waals surface area (Å²) in [6, 6.07) is 2.36. The summed E-state index contributed by atoms with van der Waals surface area (Å²) in [5.74, 6) is 1.85. The highest BCUT2D eigenvalue weighted by Crippen LogP contribution is 2.37. The number of nitrogens with zero attached hydrogens (tertiary/aromatic N) is 4. The zero-order valence-electron chi connectivity index (χ0n) is 15.0. The third-order valence-corrected chi connectivity index (χ3v) is 7.18. The molecule has 0 spiro atoms. The molecule has 0 N–H and O–H groups in total. The van der Waals surface area contributed by atoms with E-state index in [0.717, 1.165) is 49.5 Å². The number of fused-ring (bicyclic) bond motifs is 1. The van der Waals surface area contributed by atoms with Gasteiger partial charge in [-0.2, -0.15) is 0 Å². The van der Waals surface area contributed by atoms with Crippen molar-refractivity contribution in [2.75, 3.05) is 26.3 Å². The number of morpholine rings is 1. The van der Waals surface area contributed by atoms with Crippen LogP contribution in [-0.4, -0.2) is 45.6 Å². The molecule has 4 rings (SSSR count). The van der Waals surface area contributed by atoms with Gasteiger partial charge >= 0.3 is 0 Å². The molecule has 2 aromatic rings. The molecule has 0 radical (unpaired) electrons. The molecule has 1 fully saturated rings. The second-order valence-electron chi connectivity index (χ2n) is 7.11. The molecule has 1 aliphatic heterocycles. The minimum atomic E-state index is 0.749. The van der Waals surface area contributed by atoms with E-state index in [2.05, 4.69) is 22.5 Å². The molecule has 1 aliphatic carbocycles. The number of aromatic nitrogens is 3. The second-order valence-corrected chi connectivity index (χ2v) is 8.61. The lowest BCUT2D eigenvalue weighted by Crippen LogP contribution is -2.37. The van der Waals surface area contributed by atoms with Crippen molar-refractivity contribution in [1.82, 2.24) is 19.2 Å². The van der Waals surface area contributed by atoms with Crippen molar-refractivity contribution in [3.63, 3.8) is 0 Å². The van der Waals surface area contributed by atoms with E-state index >= 15 is 0 Å². The van der Waals surface area contributed by atoms with Gasteiger partial charge in [0.1, 0.15) is 0 Å². The number of ether oxygens (including phenoxy) is 1. The Morgan fingerprint density at radius 1 is 1.36 bits per heavy atom. The quantitative estimate of drug-likeness (QED) is 0.763. The van der Waals surface area contributed by atoms with E-state index in [-0.39, 0.29) is 0 Å². The van der Waals surface area contributed by atoms with Crippen LogP contribution in [0.5, 0.6) is 0 Å². The zero-order chi connectivity index (χ0) is 17.4. The van der Waals surface area contributed by atoms with Crippen molar-refractivity contribution in [3.8, 4) is 10.7 Å². The van der Waals surface area contributed by atoms with Crippen LogP contribution in [0.15, 0.2) is 6.07 Å². The molecular formula is C18H26N4OS2. The SMILES string of the molecule is CCC1CCc2sc(-c3nn(CN4CCOCC4)c(=S)n3C)cc2C1. The number of thiophene rings is 1. The van der Waals surface area contributed by atoms with E-state index in [4.69, 9.17) is 22.1 Å². The fourth-order valence-corrected chi connectivity index (χ4v) is 5.20. The van der Waals surface area contributed by atoms with Gasteiger partial charge < -0.3 is 9.30 Å². The summed E-state index contributed by atoms with van der Waals surface area (Å²) in [5, 5.41) is 4.86. The van der Waals surface area contributed by atoms with Crippen LogP contribution in [0, 0.1) is 10.7 Å². The fraction of sp³-hybridized carbons (Fsp3) is 0.667. The van der Waals surface area contributed by atoms with Gasteiger partial charge in [-0.25, -0.2) is 4.68 Å².